The molecule has 1 unspecified atom stereocenters. The van der Waals surface area contributed by atoms with E-state index in [2.05, 4.69) is 15.4 Å². The number of nitrogens with zero attached hydrogens (tertiary/aromatic N) is 3. The van der Waals surface area contributed by atoms with Crippen LogP contribution in [0.5, 0.6) is 0 Å². The first-order valence-electron chi connectivity index (χ1n) is 8.34. The van der Waals surface area contributed by atoms with E-state index in [4.69, 9.17) is 4.74 Å². The van der Waals surface area contributed by atoms with Crippen LogP contribution in [0.15, 0.2) is 12.1 Å². The van der Waals surface area contributed by atoms with Crippen LogP contribution < -0.4 is 5.32 Å². The average Bonchev–Trinajstić information content (AvgIpc) is 3.19. The number of rotatable bonds is 2. The second-order valence-corrected chi connectivity index (χ2v) is 6.83. The van der Waals surface area contributed by atoms with E-state index in [1.54, 1.807) is 10.6 Å². The first kappa shape index (κ1) is 15.1. The molecule has 2 fully saturated rings. The summed E-state index contributed by atoms with van der Waals surface area (Å²) in [5, 5.41) is 7.24. The molecule has 0 radical (unpaired) electrons. The van der Waals surface area contributed by atoms with Gasteiger partial charge in [0.25, 0.3) is 0 Å². The van der Waals surface area contributed by atoms with Gasteiger partial charge in [0.2, 0.25) is 5.91 Å². The fourth-order valence-electron chi connectivity index (χ4n) is 4.01. The highest BCUT2D eigenvalue weighted by Crippen LogP contribution is 2.45. The van der Waals surface area contributed by atoms with Crippen LogP contribution >= 0.6 is 0 Å². The summed E-state index contributed by atoms with van der Waals surface area (Å²) in [6, 6.07) is 3.68. The van der Waals surface area contributed by atoms with Gasteiger partial charge >= 0.3 is 5.97 Å². The van der Waals surface area contributed by atoms with E-state index < -0.39 is 11.5 Å². The Morgan fingerprint density at radius 2 is 2.08 bits per heavy atom. The second kappa shape index (κ2) is 5.29. The quantitative estimate of drug-likeness (QED) is 0.854. The maximum Gasteiger partial charge on any atom is 0.307 e. The molecule has 1 aliphatic carbocycles. The van der Waals surface area contributed by atoms with Crippen LogP contribution in [0.2, 0.25) is 0 Å². The van der Waals surface area contributed by atoms with E-state index in [1.165, 1.54) is 0 Å². The van der Waals surface area contributed by atoms with E-state index in [1.807, 2.05) is 19.9 Å². The molecule has 3 heterocycles. The zero-order chi connectivity index (χ0) is 16.9. The Bertz CT molecular complexity index is 836. The summed E-state index contributed by atoms with van der Waals surface area (Å²) in [7, 11) is 0. The number of hydrogen-bond donors (Lipinski definition) is 1. The zero-order valence-corrected chi connectivity index (χ0v) is 13.8. The van der Waals surface area contributed by atoms with Gasteiger partial charge in [0.15, 0.2) is 11.5 Å². The van der Waals surface area contributed by atoms with Crippen molar-refractivity contribution in [1.29, 1.82) is 0 Å². The average molecular weight is 328 g/mol. The number of ether oxygens (including phenoxy) is 1. The maximum absolute atomic E-state index is 12.7. The summed E-state index contributed by atoms with van der Waals surface area (Å²) in [5.41, 5.74) is 1.93. The van der Waals surface area contributed by atoms with Gasteiger partial charge in [0.05, 0.1) is 12.3 Å². The number of fused-ring (bicyclic) bond motifs is 1. The van der Waals surface area contributed by atoms with E-state index >= 15 is 0 Å². The Labute approximate surface area is 139 Å². The largest absolute Gasteiger partial charge is 0.458 e. The highest BCUT2D eigenvalue weighted by atomic mass is 16.6. The Kier molecular flexibility index (Phi) is 3.33. The number of amides is 1. The van der Waals surface area contributed by atoms with Crippen LogP contribution in [-0.2, 0) is 14.3 Å². The first-order chi connectivity index (χ1) is 11.5. The number of aromatic nitrogens is 3. The highest BCUT2D eigenvalue weighted by molar-refractivity contribution is 5.96. The van der Waals surface area contributed by atoms with Gasteiger partial charge in [0, 0.05) is 17.5 Å². The van der Waals surface area contributed by atoms with Crippen molar-refractivity contribution >= 4 is 23.3 Å². The van der Waals surface area contributed by atoms with E-state index in [0.717, 1.165) is 37.1 Å². The van der Waals surface area contributed by atoms with Crippen molar-refractivity contribution in [3.8, 4) is 0 Å². The lowest BCUT2D eigenvalue weighted by Crippen LogP contribution is -2.39. The minimum Gasteiger partial charge on any atom is -0.458 e. The molecule has 2 aromatic rings. The van der Waals surface area contributed by atoms with Crippen LogP contribution in [0.3, 0.4) is 0 Å². The zero-order valence-electron chi connectivity index (χ0n) is 13.8. The van der Waals surface area contributed by atoms with Crippen LogP contribution in [0.25, 0.3) is 5.65 Å². The number of carbonyl (C=O) groups is 2. The maximum atomic E-state index is 12.7. The molecule has 2 aromatic heterocycles. The fourth-order valence-corrected chi connectivity index (χ4v) is 4.01. The van der Waals surface area contributed by atoms with Crippen molar-refractivity contribution in [1.82, 2.24) is 14.6 Å². The molecule has 0 aromatic carbocycles. The third kappa shape index (κ3) is 2.35. The number of hydrogen-bond acceptors (Lipinski definition) is 5. The lowest BCUT2D eigenvalue weighted by atomic mass is 9.85. The van der Waals surface area contributed by atoms with E-state index in [0.29, 0.717) is 11.5 Å². The summed E-state index contributed by atoms with van der Waals surface area (Å²) in [5.74, 6) is -0.456. The minimum absolute atomic E-state index is 0.148. The monoisotopic (exact) mass is 328 g/mol. The normalized spacial score (nSPS) is 22.2. The summed E-state index contributed by atoms with van der Waals surface area (Å²) in [6.07, 6.45) is 3.67. The van der Waals surface area contributed by atoms with Crippen molar-refractivity contribution in [3.63, 3.8) is 0 Å². The second-order valence-electron chi connectivity index (χ2n) is 6.83. The molecule has 7 nitrogen and oxygen atoms in total. The molecule has 2 aliphatic rings. The predicted molar refractivity (Wildman–Crippen MR) is 86.5 cm³/mol. The van der Waals surface area contributed by atoms with Gasteiger partial charge in [-0.25, -0.2) is 9.50 Å². The summed E-state index contributed by atoms with van der Waals surface area (Å²) < 4.78 is 7.24. The topological polar surface area (TPSA) is 85.6 Å². The molecule has 4 rings (SSSR count). The third-order valence-corrected chi connectivity index (χ3v) is 5.07. The Morgan fingerprint density at radius 3 is 2.83 bits per heavy atom. The number of esters is 1. The summed E-state index contributed by atoms with van der Waals surface area (Å²) >= 11 is 0. The number of nitrogens with one attached hydrogen (secondary N) is 1. The highest BCUT2D eigenvalue weighted by Gasteiger charge is 2.54. The molecule has 1 aliphatic heterocycles. The molecule has 0 bridgehead atoms. The van der Waals surface area contributed by atoms with Gasteiger partial charge in [-0.1, -0.05) is 0 Å². The minimum atomic E-state index is -0.606. The van der Waals surface area contributed by atoms with Crippen molar-refractivity contribution in [2.24, 2.45) is 5.92 Å². The smallest absolute Gasteiger partial charge is 0.307 e. The fraction of sp³-hybridized carbons (Fsp3) is 0.529. The molecule has 126 valence electrons. The summed E-state index contributed by atoms with van der Waals surface area (Å²) in [6.45, 7) is 3.86. The van der Waals surface area contributed by atoms with Crippen LogP contribution in [-0.4, -0.2) is 32.1 Å². The third-order valence-electron chi connectivity index (χ3n) is 5.07. The molecule has 1 N–H and O–H groups in total. The predicted octanol–water partition coefficient (Wildman–Crippen LogP) is 2.16. The van der Waals surface area contributed by atoms with Gasteiger partial charge in [-0.3, -0.25) is 9.59 Å². The van der Waals surface area contributed by atoms with Crippen LogP contribution in [0, 0.1) is 19.8 Å². The van der Waals surface area contributed by atoms with Crippen molar-refractivity contribution < 1.29 is 14.3 Å². The Balaban J connectivity index is 1.60. The molecule has 1 saturated heterocycles. The van der Waals surface area contributed by atoms with Crippen LogP contribution in [0.4, 0.5) is 5.82 Å². The molecule has 7 heteroatoms. The van der Waals surface area contributed by atoms with Crippen LogP contribution in [0.1, 0.15) is 43.5 Å². The SMILES string of the molecule is Cc1cc(C)n2nc(NC(=O)C3CC(=O)OC34CCCC4)cc2n1. The molecular formula is C17H20N4O3. The Morgan fingerprint density at radius 1 is 1.33 bits per heavy atom. The van der Waals surface area contributed by atoms with Crippen molar-refractivity contribution in [3.05, 3.63) is 23.5 Å². The molecular weight excluding hydrogens is 308 g/mol. The van der Waals surface area contributed by atoms with Gasteiger partial charge in [-0.05, 0) is 45.6 Å². The molecule has 24 heavy (non-hydrogen) atoms. The standard InChI is InChI=1S/C17H20N4O3/c1-10-7-11(2)21-14(18-10)9-13(20-21)19-16(23)12-8-15(22)24-17(12)5-3-4-6-17/h7,9,12H,3-6,8H2,1-2H3,(H,19,20,23). The number of carbonyl (C=O) groups excluding carboxylic acids is 2. The van der Waals surface area contributed by atoms with Gasteiger partial charge in [-0.2, -0.15) is 0 Å². The van der Waals surface area contributed by atoms with E-state index in [9.17, 15) is 9.59 Å². The van der Waals surface area contributed by atoms with E-state index in [-0.39, 0.29) is 18.3 Å². The lowest BCUT2D eigenvalue weighted by molar-refractivity contribution is -0.149. The van der Waals surface area contributed by atoms with Crippen molar-refractivity contribution in [2.75, 3.05) is 5.32 Å². The lowest BCUT2D eigenvalue weighted by Gasteiger charge is -2.27. The molecule has 1 spiro atoms. The Hall–Kier alpha value is -2.44. The first-order valence-corrected chi connectivity index (χ1v) is 8.34. The molecule has 1 atom stereocenters. The van der Waals surface area contributed by atoms with Crippen molar-refractivity contribution in [2.45, 2.75) is 51.6 Å². The number of aryl methyl sites for hydroxylation is 2. The number of anilines is 1. The van der Waals surface area contributed by atoms with Gasteiger partial charge in [-0.15, -0.1) is 5.10 Å². The van der Waals surface area contributed by atoms with Gasteiger partial charge < -0.3 is 10.1 Å². The summed E-state index contributed by atoms with van der Waals surface area (Å²) in [4.78, 5) is 28.9. The molecule has 1 saturated carbocycles. The van der Waals surface area contributed by atoms with Gasteiger partial charge in [0.1, 0.15) is 5.60 Å². The molecule has 1 amide bonds.